The third kappa shape index (κ3) is 4.18. The van der Waals surface area contributed by atoms with Crippen molar-refractivity contribution in [3.05, 3.63) is 88.6 Å². The number of benzene rings is 3. The van der Waals surface area contributed by atoms with Crippen LogP contribution in [0.25, 0.3) is 21.8 Å². The van der Waals surface area contributed by atoms with Crippen molar-refractivity contribution in [3.8, 4) is 0 Å². The number of carbonyl (C=O) groups is 2. The van der Waals surface area contributed by atoms with Gasteiger partial charge in [-0.3, -0.25) is 19.3 Å². The predicted molar refractivity (Wildman–Crippen MR) is 133 cm³/mol. The highest BCUT2D eigenvalue weighted by Gasteiger charge is 2.28. The lowest BCUT2D eigenvalue weighted by Crippen LogP contribution is -2.39. The quantitative estimate of drug-likeness (QED) is 0.437. The maximum absolute atomic E-state index is 13.1. The van der Waals surface area contributed by atoms with Gasteiger partial charge in [-0.15, -0.1) is 0 Å². The third-order valence-corrected chi connectivity index (χ3v) is 6.47. The van der Waals surface area contributed by atoms with E-state index in [9.17, 15) is 14.4 Å². The van der Waals surface area contributed by atoms with Gasteiger partial charge in [0, 0.05) is 23.0 Å². The number of primary amides is 1. The van der Waals surface area contributed by atoms with Crippen LogP contribution in [-0.4, -0.2) is 33.9 Å². The molecule has 1 aliphatic rings. The summed E-state index contributed by atoms with van der Waals surface area (Å²) < 4.78 is 1.88. The Morgan fingerprint density at radius 2 is 1.62 bits per heavy atom. The summed E-state index contributed by atoms with van der Waals surface area (Å²) in [6, 6.07) is 22.1. The van der Waals surface area contributed by atoms with Crippen LogP contribution in [0.5, 0.6) is 0 Å². The Bertz CT molecular complexity index is 1400. The van der Waals surface area contributed by atoms with Crippen molar-refractivity contribution < 1.29 is 9.59 Å². The van der Waals surface area contributed by atoms with E-state index in [2.05, 4.69) is 10.2 Å². The minimum absolute atomic E-state index is 0.0354. The molecule has 0 aliphatic carbocycles. The maximum Gasteiger partial charge on any atom is 0.244 e. The minimum atomic E-state index is -0.289. The number of fused-ring (bicyclic) bond motifs is 2. The summed E-state index contributed by atoms with van der Waals surface area (Å²) >= 11 is 0. The molecular formula is C27H26N4O3. The van der Waals surface area contributed by atoms with E-state index in [-0.39, 0.29) is 29.8 Å². The monoisotopic (exact) mass is 454 g/mol. The fraction of sp³-hybridized carbons (Fsp3) is 0.222. The van der Waals surface area contributed by atoms with Gasteiger partial charge < -0.3 is 15.6 Å². The number of para-hydroxylation sites is 2. The number of amides is 2. The molecule has 4 aromatic rings. The van der Waals surface area contributed by atoms with Gasteiger partial charge in [0.25, 0.3) is 0 Å². The molecular weight excluding hydrogens is 428 g/mol. The van der Waals surface area contributed by atoms with E-state index in [4.69, 9.17) is 5.73 Å². The number of rotatable bonds is 6. The molecule has 0 bridgehead atoms. The van der Waals surface area contributed by atoms with Gasteiger partial charge in [-0.2, -0.15) is 0 Å². The largest absolute Gasteiger partial charge is 0.368 e. The SMILES string of the molecule is NC(=O)C1CCCN1Cc1cccc(NC(=O)Cn2c3ccccc3c(=O)c3ccccc32)c1. The zero-order valence-corrected chi connectivity index (χ0v) is 18.7. The number of hydrogen-bond donors (Lipinski definition) is 2. The van der Waals surface area contributed by atoms with E-state index in [1.165, 1.54) is 0 Å². The van der Waals surface area contributed by atoms with E-state index in [1.807, 2.05) is 65.2 Å². The summed E-state index contributed by atoms with van der Waals surface area (Å²) in [6.07, 6.45) is 1.73. The first kappa shape index (κ1) is 21.9. The number of nitrogens with zero attached hydrogens (tertiary/aromatic N) is 2. The van der Waals surface area contributed by atoms with Crippen molar-refractivity contribution in [1.82, 2.24) is 9.47 Å². The van der Waals surface area contributed by atoms with Crippen molar-refractivity contribution in [2.45, 2.75) is 32.0 Å². The number of carbonyl (C=O) groups excluding carboxylic acids is 2. The van der Waals surface area contributed by atoms with Gasteiger partial charge in [0.15, 0.2) is 5.43 Å². The Balaban J connectivity index is 1.39. The van der Waals surface area contributed by atoms with E-state index in [0.29, 0.717) is 23.0 Å². The second-order valence-corrected chi connectivity index (χ2v) is 8.73. The number of aromatic nitrogens is 1. The smallest absolute Gasteiger partial charge is 0.244 e. The second-order valence-electron chi connectivity index (χ2n) is 8.73. The lowest BCUT2D eigenvalue weighted by atomic mass is 10.1. The zero-order chi connectivity index (χ0) is 23.7. The highest BCUT2D eigenvalue weighted by molar-refractivity contribution is 5.97. The third-order valence-electron chi connectivity index (χ3n) is 6.47. The van der Waals surface area contributed by atoms with Gasteiger partial charge in [-0.25, -0.2) is 0 Å². The summed E-state index contributed by atoms with van der Waals surface area (Å²) in [4.78, 5) is 39.8. The molecule has 5 rings (SSSR count). The number of anilines is 1. The lowest BCUT2D eigenvalue weighted by Gasteiger charge is -2.22. The Morgan fingerprint density at radius 3 is 2.29 bits per heavy atom. The van der Waals surface area contributed by atoms with Gasteiger partial charge in [0.2, 0.25) is 11.8 Å². The van der Waals surface area contributed by atoms with Crippen molar-refractivity contribution in [2.75, 3.05) is 11.9 Å². The van der Waals surface area contributed by atoms with Crippen molar-refractivity contribution in [3.63, 3.8) is 0 Å². The first-order valence-corrected chi connectivity index (χ1v) is 11.4. The van der Waals surface area contributed by atoms with E-state index in [0.717, 1.165) is 36.0 Å². The Hall–Kier alpha value is -3.97. The Morgan fingerprint density at radius 1 is 0.941 bits per heavy atom. The molecule has 7 nitrogen and oxygen atoms in total. The van der Waals surface area contributed by atoms with Crippen molar-refractivity contribution in [2.24, 2.45) is 5.73 Å². The van der Waals surface area contributed by atoms with Gasteiger partial charge in [0.1, 0.15) is 6.54 Å². The standard InChI is InChI=1S/C27H26N4O3/c28-27(34)24-13-6-14-30(24)16-18-7-5-8-19(15-18)29-25(32)17-31-22-11-3-1-9-20(22)26(33)21-10-2-4-12-23(21)31/h1-5,7-12,15,24H,6,13-14,16-17H2,(H2,28,34)(H,29,32). The number of nitrogens with one attached hydrogen (secondary N) is 1. The molecule has 7 heteroatoms. The number of likely N-dealkylation sites (tertiary alicyclic amines) is 1. The molecule has 0 radical (unpaired) electrons. The topological polar surface area (TPSA) is 97.4 Å². The van der Waals surface area contributed by atoms with Crippen molar-refractivity contribution in [1.29, 1.82) is 0 Å². The van der Waals surface area contributed by atoms with E-state index in [1.54, 1.807) is 12.1 Å². The lowest BCUT2D eigenvalue weighted by molar-refractivity contribution is -0.122. The van der Waals surface area contributed by atoms with Gasteiger partial charge in [-0.1, -0.05) is 36.4 Å². The molecule has 2 amide bonds. The molecule has 3 aromatic carbocycles. The molecule has 0 saturated carbocycles. The summed E-state index contributed by atoms with van der Waals surface area (Å²) in [5, 5.41) is 4.16. The van der Waals surface area contributed by atoms with Crippen molar-refractivity contribution >= 4 is 39.3 Å². The van der Waals surface area contributed by atoms with Crippen LogP contribution in [0.2, 0.25) is 0 Å². The van der Waals surface area contributed by atoms with Crippen LogP contribution in [0.15, 0.2) is 77.6 Å². The molecule has 1 atom stereocenters. The van der Waals surface area contributed by atoms with Crippen LogP contribution in [0, 0.1) is 0 Å². The summed E-state index contributed by atoms with van der Waals surface area (Å²) in [6.45, 7) is 1.50. The first-order chi connectivity index (χ1) is 16.5. The predicted octanol–water partition coefficient (Wildman–Crippen LogP) is 3.24. The fourth-order valence-corrected chi connectivity index (χ4v) is 4.91. The molecule has 1 aromatic heterocycles. The Labute approximate surface area is 196 Å². The fourth-order valence-electron chi connectivity index (χ4n) is 4.91. The number of nitrogens with two attached hydrogens (primary N) is 1. The minimum Gasteiger partial charge on any atom is -0.368 e. The van der Waals surface area contributed by atoms with Gasteiger partial charge >= 0.3 is 0 Å². The second kappa shape index (κ2) is 9.11. The normalized spacial score (nSPS) is 16.2. The summed E-state index contributed by atoms with van der Waals surface area (Å²) in [5.41, 5.74) is 8.64. The summed E-state index contributed by atoms with van der Waals surface area (Å²) in [5.74, 6) is -0.477. The molecule has 1 aliphatic heterocycles. The van der Waals surface area contributed by atoms with Crippen LogP contribution in [0.1, 0.15) is 18.4 Å². The van der Waals surface area contributed by atoms with Crippen LogP contribution in [0.3, 0.4) is 0 Å². The molecule has 34 heavy (non-hydrogen) atoms. The molecule has 2 heterocycles. The zero-order valence-electron chi connectivity index (χ0n) is 18.7. The highest BCUT2D eigenvalue weighted by Crippen LogP contribution is 2.22. The maximum atomic E-state index is 13.1. The average molecular weight is 455 g/mol. The molecule has 3 N–H and O–H groups in total. The van der Waals surface area contributed by atoms with Crippen LogP contribution in [0.4, 0.5) is 5.69 Å². The molecule has 1 saturated heterocycles. The average Bonchev–Trinajstić information content (AvgIpc) is 3.30. The summed E-state index contributed by atoms with van der Waals surface area (Å²) in [7, 11) is 0. The van der Waals surface area contributed by atoms with Crippen LogP contribution < -0.4 is 16.5 Å². The molecule has 172 valence electrons. The number of hydrogen-bond acceptors (Lipinski definition) is 4. The van der Waals surface area contributed by atoms with Crippen LogP contribution >= 0.6 is 0 Å². The van der Waals surface area contributed by atoms with Crippen LogP contribution in [-0.2, 0) is 22.7 Å². The van der Waals surface area contributed by atoms with E-state index >= 15 is 0 Å². The molecule has 0 spiro atoms. The van der Waals surface area contributed by atoms with E-state index < -0.39 is 0 Å². The Kier molecular flexibility index (Phi) is 5.86. The van der Waals surface area contributed by atoms with Gasteiger partial charge in [0.05, 0.1) is 17.1 Å². The first-order valence-electron chi connectivity index (χ1n) is 11.4. The number of pyridine rings is 1. The van der Waals surface area contributed by atoms with Gasteiger partial charge in [-0.05, 0) is 61.3 Å². The highest BCUT2D eigenvalue weighted by atomic mass is 16.2. The molecule has 1 fully saturated rings. The molecule has 1 unspecified atom stereocenters.